The van der Waals surface area contributed by atoms with Crippen LogP contribution in [0.3, 0.4) is 0 Å². The van der Waals surface area contributed by atoms with Gasteiger partial charge in [0.25, 0.3) is 0 Å². The molecule has 2 saturated heterocycles. The summed E-state index contributed by atoms with van der Waals surface area (Å²) in [6.07, 6.45) is 0.993. The molecule has 2 aromatic carbocycles. The zero-order chi connectivity index (χ0) is 17.4. The number of hydrogen-bond acceptors (Lipinski definition) is 3. The highest BCUT2D eigenvalue weighted by Gasteiger charge is 2.47. The Morgan fingerprint density at radius 3 is 2.44 bits per heavy atom. The summed E-state index contributed by atoms with van der Waals surface area (Å²) < 4.78 is 20.4. The lowest BCUT2D eigenvalue weighted by Crippen LogP contribution is -2.60. The molecule has 4 rings (SSSR count). The van der Waals surface area contributed by atoms with Crippen LogP contribution in [0.4, 0.5) is 4.39 Å². The van der Waals surface area contributed by atoms with Gasteiger partial charge in [-0.1, -0.05) is 48.5 Å². The average Bonchev–Trinajstić information content (AvgIpc) is 2.59. The molecule has 0 spiro atoms. The number of aryl methyl sites for hydroxylation is 1. The Labute approximate surface area is 148 Å². The second kappa shape index (κ2) is 6.52. The van der Waals surface area contributed by atoms with E-state index in [1.807, 2.05) is 24.3 Å². The molecule has 2 aliphatic rings. The predicted octanol–water partition coefficient (Wildman–Crippen LogP) is 3.39. The molecule has 0 saturated carbocycles. The van der Waals surface area contributed by atoms with Crippen LogP contribution in [-0.4, -0.2) is 35.3 Å². The van der Waals surface area contributed by atoms with Crippen LogP contribution in [-0.2, 0) is 16.9 Å². The molecule has 2 aromatic rings. The molecule has 2 fully saturated rings. The van der Waals surface area contributed by atoms with Crippen LogP contribution in [0.25, 0.3) is 0 Å². The molecule has 1 N–H and O–H groups in total. The number of rotatable bonds is 3. The molecule has 0 radical (unpaired) electrons. The van der Waals surface area contributed by atoms with Crippen LogP contribution in [0.5, 0.6) is 0 Å². The quantitative estimate of drug-likeness (QED) is 0.929. The number of halogens is 1. The second-order valence-corrected chi connectivity index (χ2v) is 7.38. The molecular formula is C21H24FNO2. The minimum Gasteiger partial charge on any atom is -0.385 e. The first-order valence-corrected chi connectivity index (χ1v) is 8.92. The second-order valence-electron chi connectivity index (χ2n) is 7.38. The number of aliphatic hydroxyl groups is 1. The zero-order valence-corrected chi connectivity index (χ0v) is 14.5. The van der Waals surface area contributed by atoms with E-state index in [4.69, 9.17) is 4.74 Å². The van der Waals surface area contributed by atoms with E-state index in [-0.39, 0.29) is 17.9 Å². The van der Waals surface area contributed by atoms with Crippen LogP contribution >= 0.6 is 0 Å². The Kier molecular flexibility index (Phi) is 4.36. The largest absolute Gasteiger partial charge is 0.385 e. The van der Waals surface area contributed by atoms with Crippen LogP contribution in [0.15, 0.2) is 48.5 Å². The van der Waals surface area contributed by atoms with Gasteiger partial charge in [-0.15, -0.1) is 0 Å². The van der Waals surface area contributed by atoms with Gasteiger partial charge in [0.15, 0.2) is 0 Å². The summed E-state index contributed by atoms with van der Waals surface area (Å²) in [5.41, 5.74) is 1.15. The first-order valence-electron chi connectivity index (χ1n) is 8.92. The lowest BCUT2D eigenvalue weighted by atomic mass is 9.76. The fourth-order valence-corrected chi connectivity index (χ4v) is 4.32. The fourth-order valence-electron chi connectivity index (χ4n) is 4.32. The number of ether oxygens (including phenoxy) is 1. The first-order chi connectivity index (χ1) is 12.1. The highest BCUT2D eigenvalue weighted by Crippen LogP contribution is 2.42. The van der Waals surface area contributed by atoms with Crippen molar-refractivity contribution >= 4 is 0 Å². The maximum absolute atomic E-state index is 14.6. The highest BCUT2D eigenvalue weighted by molar-refractivity contribution is 5.31. The van der Waals surface area contributed by atoms with Crippen molar-refractivity contribution in [1.29, 1.82) is 0 Å². The summed E-state index contributed by atoms with van der Waals surface area (Å²) in [4.78, 5) is 2.42. The number of fused-ring (bicyclic) bond motifs is 2. The standard InChI is InChI=1S/C21H24FNO2/c1-15-6-5-9-19(20(15)22)21(24)10-17-13-25-14-18(11-21)23(17)12-16-7-3-2-4-8-16/h2-9,17-18,24H,10-14H2,1H3. The molecule has 3 nitrogen and oxygen atoms in total. The van der Waals surface area contributed by atoms with Gasteiger partial charge in [-0.2, -0.15) is 0 Å². The smallest absolute Gasteiger partial charge is 0.132 e. The SMILES string of the molecule is Cc1cccc(C2(O)CC3COCC(C2)N3Cc2ccccc2)c1F. The summed E-state index contributed by atoms with van der Waals surface area (Å²) in [5, 5.41) is 11.3. The summed E-state index contributed by atoms with van der Waals surface area (Å²) in [7, 11) is 0. The Morgan fingerprint density at radius 2 is 1.76 bits per heavy atom. The van der Waals surface area contributed by atoms with Gasteiger partial charge in [-0.3, -0.25) is 4.90 Å². The van der Waals surface area contributed by atoms with E-state index in [9.17, 15) is 9.50 Å². The van der Waals surface area contributed by atoms with Crippen molar-refractivity contribution in [2.75, 3.05) is 13.2 Å². The molecule has 0 amide bonds. The van der Waals surface area contributed by atoms with Gasteiger partial charge in [0.1, 0.15) is 5.82 Å². The van der Waals surface area contributed by atoms with E-state index in [2.05, 4.69) is 17.0 Å². The Hall–Kier alpha value is -1.75. The minimum absolute atomic E-state index is 0.0950. The van der Waals surface area contributed by atoms with Gasteiger partial charge in [0.05, 0.1) is 18.8 Å². The molecule has 2 bridgehead atoms. The third kappa shape index (κ3) is 3.10. The van der Waals surface area contributed by atoms with Crippen molar-refractivity contribution in [2.24, 2.45) is 0 Å². The van der Waals surface area contributed by atoms with Crippen molar-refractivity contribution in [3.63, 3.8) is 0 Å². The average molecular weight is 341 g/mol. The number of piperidine rings is 1. The van der Waals surface area contributed by atoms with Gasteiger partial charge in [-0.05, 0) is 30.9 Å². The van der Waals surface area contributed by atoms with Gasteiger partial charge >= 0.3 is 0 Å². The molecular weight excluding hydrogens is 317 g/mol. The van der Waals surface area contributed by atoms with E-state index in [1.54, 1.807) is 19.1 Å². The van der Waals surface area contributed by atoms with Gasteiger partial charge in [0.2, 0.25) is 0 Å². The third-order valence-corrected chi connectivity index (χ3v) is 5.61. The van der Waals surface area contributed by atoms with Crippen molar-refractivity contribution in [3.8, 4) is 0 Å². The summed E-state index contributed by atoms with van der Waals surface area (Å²) in [5.74, 6) is -0.277. The molecule has 0 aromatic heterocycles. The van der Waals surface area contributed by atoms with E-state index in [1.165, 1.54) is 5.56 Å². The van der Waals surface area contributed by atoms with Gasteiger partial charge in [-0.25, -0.2) is 4.39 Å². The van der Waals surface area contributed by atoms with Gasteiger partial charge < -0.3 is 9.84 Å². The molecule has 25 heavy (non-hydrogen) atoms. The Morgan fingerprint density at radius 1 is 1.08 bits per heavy atom. The normalized spacial score (nSPS) is 29.6. The van der Waals surface area contributed by atoms with Crippen molar-refractivity contribution in [2.45, 2.75) is 44.0 Å². The Bertz CT molecular complexity index is 735. The predicted molar refractivity (Wildman–Crippen MR) is 94.6 cm³/mol. The lowest BCUT2D eigenvalue weighted by molar-refractivity contribution is -0.150. The van der Waals surface area contributed by atoms with Crippen molar-refractivity contribution in [3.05, 3.63) is 71.0 Å². The number of morpholine rings is 1. The molecule has 2 unspecified atom stereocenters. The monoisotopic (exact) mass is 341 g/mol. The molecule has 0 aliphatic carbocycles. The first kappa shape index (κ1) is 16.7. The molecule has 2 atom stereocenters. The van der Waals surface area contributed by atoms with Crippen LogP contribution in [0, 0.1) is 12.7 Å². The van der Waals surface area contributed by atoms with Crippen LogP contribution < -0.4 is 0 Å². The molecule has 2 aliphatic heterocycles. The number of benzene rings is 2. The summed E-state index contributed by atoms with van der Waals surface area (Å²) >= 11 is 0. The van der Waals surface area contributed by atoms with E-state index in [0.29, 0.717) is 37.2 Å². The van der Waals surface area contributed by atoms with Crippen molar-refractivity contribution in [1.82, 2.24) is 4.90 Å². The van der Waals surface area contributed by atoms with E-state index >= 15 is 0 Å². The third-order valence-electron chi connectivity index (χ3n) is 5.61. The molecule has 2 heterocycles. The number of hydrogen-bond donors (Lipinski definition) is 1. The zero-order valence-electron chi connectivity index (χ0n) is 14.5. The van der Waals surface area contributed by atoms with E-state index < -0.39 is 5.60 Å². The highest BCUT2D eigenvalue weighted by atomic mass is 19.1. The lowest BCUT2D eigenvalue weighted by Gasteiger charge is -2.52. The van der Waals surface area contributed by atoms with Crippen LogP contribution in [0.2, 0.25) is 0 Å². The molecule has 4 heteroatoms. The topological polar surface area (TPSA) is 32.7 Å². The molecule has 132 valence electrons. The van der Waals surface area contributed by atoms with E-state index in [0.717, 1.165) is 6.54 Å². The van der Waals surface area contributed by atoms with Crippen LogP contribution in [0.1, 0.15) is 29.5 Å². The van der Waals surface area contributed by atoms with Crippen molar-refractivity contribution < 1.29 is 14.2 Å². The minimum atomic E-state index is -1.12. The fraction of sp³-hybridized carbons (Fsp3) is 0.429. The number of nitrogens with zero attached hydrogens (tertiary/aromatic N) is 1. The summed E-state index contributed by atoms with van der Waals surface area (Å²) in [6.45, 7) is 3.75. The maximum atomic E-state index is 14.6. The maximum Gasteiger partial charge on any atom is 0.132 e. The Balaban J connectivity index is 1.61. The summed E-state index contributed by atoms with van der Waals surface area (Å²) in [6, 6.07) is 15.8. The van der Waals surface area contributed by atoms with Gasteiger partial charge in [0, 0.05) is 24.2 Å².